The summed E-state index contributed by atoms with van der Waals surface area (Å²) in [5.41, 5.74) is 1.35. The Labute approximate surface area is 102 Å². The first kappa shape index (κ1) is 12.1. The van der Waals surface area contributed by atoms with Gasteiger partial charge in [-0.05, 0) is 37.3 Å². The fourth-order valence-electron chi connectivity index (χ4n) is 2.45. The van der Waals surface area contributed by atoms with Gasteiger partial charge in [0, 0.05) is 0 Å². The lowest BCUT2D eigenvalue weighted by Gasteiger charge is -2.28. The van der Waals surface area contributed by atoms with Gasteiger partial charge in [-0.3, -0.25) is 4.79 Å². The third kappa shape index (κ3) is 3.30. The zero-order valence-electron chi connectivity index (χ0n) is 10.2. The van der Waals surface area contributed by atoms with Crippen LogP contribution in [0, 0.1) is 5.92 Å². The molecule has 1 aromatic rings. The van der Waals surface area contributed by atoms with Crippen LogP contribution in [-0.2, 0) is 16.0 Å². The number of benzene rings is 1. The van der Waals surface area contributed by atoms with Gasteiger partial charge in [-0.25, -0.2) is 0 Å². The number of hydrogen-bond donors (Lipinski definition) is 1. The van der Waals surface area contributed by atoms with Crippen molar-refractivity contribution < 1.29 is 9.53 Å². The molecule has 0 amide bonds. The first-order chi connectivity index (χ1) is 8.29. The van der Waals surface area contributed by atoms with Crippen LogP contribution in [0.4, 0.5) is 0 Å². The highest BCUT2D eigenvalue weighted by molar-refractivity contribution is 5.75. The molecule has 1 heterocycles. The molecule has 1 fully saturated rings. The number of esters is 1. The van der Waals surface area contributed by atoms with Gasteiger partial charge in [0.1, 0.15) is 6.04 Å². The fraction of sp³-hybridized carbons (Fsp3) is 0.500. The number of methoxy groups -OCH3 is 1. The molecule has 0 saturated carbocycles. The number of nitrogens with one attached hydrogen (secondary N) is 1. The summed E-state index contributed by atoms with van der Waals surface area (Å²) in [5, 5.41) is 3.21. The van der Waals surface area contributed by atoms with Gasteiger partial charge in [-0.1, -0.05) is 30.3 Å². The summed E-state index contributed by atoms with van der Waals surface area (Å²) in [7, 11) is 1.45. The van der Waals surface area contributed by atoms with E-state index in [1.807, 2.05) is 6.07 Å². The summed E-state index contributed by atoms with van der Waals surface area (Å²) in [6.45, 7) is 0.900. The fourth-order valence-corrected chi connectivity index (χ4v) is 2.45. The van der Waals surface area contributed by atoms with Crippen molar-refractivity contribution in [3.8, 4) is 0 Å². The van der Waals surface area contributed by atoms with Crippen LogP contribution in [0.3, 0.4) is 0 Å². The maximum atomic E-state index is 11.5. The largest absolute Gasteiger partial charge is 0.468 e. The molecule has 0 radical (unpaired) electrons. The Morgan fingerprint density at radius 1 is 1.41 bits per heavy atom. The first-order valence-electron chi connectivity index (χ1n) is 6.14. The van der Waals surface area contributed by atoms with Gasteiger partial charge in [0.25, 0.3) is 0 Å². The molecule has 1 aliphatic heterocycles. The van der Waals surface area contributed by atoms with Gasteiger partial charge < -0.3 is 10.1 Å². The summed E-state index contributed by atoms with van der Waals surface area (Å²) < 4.78 is 4.79. The van der Waals surface area contributed by atoms with E-state index in [0.717, 1.165) is 25.8 Å². The van der Waals surface area contributed by atoms with Crippen LogP contribution < -0.4 is 5.32 Å². The van der Waals surface area contributed by atoms with E-state index < -0.39 is 0 Å². The summed E-state index contributed by atoms with van der Waals surface area (Å²) in [6, 6.07) is 10.3. The van der Waals surface area contributed by atoms with E-state index in [2.05, 4.69) is 29.6 Å². The summed E-state index contributed by atoms with van der Waals surface area (Å²) in [6.07, 6.45) is 3.06. The minimum atomic E-state index is -0.136. The second kappa shape index (κ2) is 5.82. The molecule has 2 rings (SSSR count). The van der Waals surface area contributed by atoms with Gasteiger partial charge in [0.05, 0.1) is 7.11 Å². The van der Waals surface area contributed by atoms with Crippen LogP contribution in [0.1, 0.15) is 18.4 Å². The van der Waals surface area contributed by atoms with Gasteiger partial charge >= 0.3 is 5.97 Å². The lowest BCUT2D eigenvalue weighted by Crippen LogP contribution is -2.44. The van der Waals surface area contributed by atoms with E-state index in [1.54, 1.807) is 0 Å². The highest BCUT2D eigenvalue weighted by Gasteiger charge is 2.27. The summed E-state index contributed by atoms with van der Waals surface area (Å²) in [5.74, 6) is 0.436. The Bertz CT molecular complexity index is 364. The Hall–Kier alpha value is -1.35. The smallest absolute Gasteiger partial charge is 0.322 e. The maximum absolute atomic E-state index is 11.5. The van der Waals surface area contributed by atoms with E-state index in [1.165, 1.54) is 12.7 Å². The highest BCUT2D eigenvalue weighted by atomic mass is 16.5. The predicted octanol–water partition coefficient (Wildman–Crippen LogP) is 1.77. The van der Waals surface area contributed by atoms with E-state index in [4.69, 9.17) is 4.74 Å². The number of ether oxygens (including phenoxy) is 1. The second-order valence-corrected chi connectivity index (χ2v) is 4.61. The molecular formula is C14H19NO2. The summed E-state index contributed by atoms with van der Waals surface area (Å²) >= 11 is 0. The highest BCUT2D eigenvalue weighted by Crippen LogP contribution is 2.21. The molecule has 1 N–H and O–H groups in total. The normalized spacial score (nSPS) is 24.3. The standard InChI is InChI=1S/C14H19NO2/c1-17-14(16)13-10-12(7-8-15-13)9-11-5-3-2-4-6-11/h2-6,12-13,15H,7-10H2,1H3/t12-,13-/m0/s1. The van der Waals surface area contributed by atoms with E-state index in [0.29, 0.717) is 5.92 Å². The molecule has 1 aliphatic rings. The molecule has 0 aliphatic carbocycles. The van der Waals surface area contributed by atoms with E-state index in [-0.39, 0.29) is 12.0 Å². The average Bonchev–Trinajstić information content (AvgIpc) is 2.39. The quantitative estimate of drug-likeness (QED) is 0.809. The molecule has 1 aromatic carbocycles. The zero-order valence-corrected chi connectivity index (χ0v) is 10.2. The average molecular weight is 233 g/mol. The molecule has 17 heavy (non-hydrogen) atoms. The molecule has 2 atom stereocenters. The predicted molar refractivity (Wildman–Crippen MR) is 66.7 cm³/mol. The maximum Gasteiger partial charge on any atom is 0.322 e. The lowest BCUT2D eigenvalue weighted by molar-refractivity contribution is -0.144. The molecule has 0 spiro atoms. The van der Waals surface area contributed by atoms with Crippen molar-refractivity contribution in [2.75, 3.05) is 13.7 Å². The van der Waals surface area contributed by atoms with Crippen LogP contribution in [0.25, 0.3) is 0 Å². The van der Waals surface area contributed by atoms with Crippen LogP contribution in [0.5, 0.6) is 0 Å². The number of carbonyl (C=O) groups excluding carboxylic acids is 1. The summed E-state index contributed by atoms with van der Waals surface area (Å²) in [4.78, 5) is 11.5. The van der Waals surface area contributed by atoms with Crippen molar-refractivity contribution in [2.45, 2.75) is 25.3 Å². The van der Waals surface area contributed by atoms with E-state index in [9.17, 15) is 4.79 Å². The van der Waals surface area contributed by atoms with Crippen LogP contribution in [0.15, 0.2) is 30.3 Å². The van der Waals surface area contributed by atoms with Gasteiger partial charge in [-0.15, -0.1) is 0 Å². The molecule has 92 valence electrons. The molecule has 0 unspecified atom stereocenters. The van der Waals surface area contributed by atoms with Crippen molar-refractivity contribution in [1.82, 2.24) is 5.32 Å². The molecule has 0 aromatic heterocycles. The lowest BCUT2D eigenvalue weighted by atomic mass is 9.87. The minimum Gasteiger partial charge on any atom is -0.468 e. The molecular weight excluding hydrogens is 214 g/mol. The number of rotatable bonds is 3. The van der Waals surface area contributed by atoms with E-state index >= 15 is 0 Å². The Kier molecular flexibility index (Phi) is 4.15. The van der Waals surface area contributed by atoms with Crippen molar-refractivity contribution in [3.63, 3.8) is 0 Å². The van der Waals surface area contributed by atoms with Crippen LogP contribution in [0.2, 0.25) is 0 Å². The second-order valence-electron chi connectivity index (χ2n) is 4.61. The monoisotopic (exact) mass is 233 g/mol. The van der Waals surface area contributed by atoms with Crippen LogP contribution in [-0.4, -0.2) is 25.7 Å². The van der Waals surface area contributed by atoms with Gasteiger partial charge in [-0.2, -0.15) is 0 Å². The number of piperidine rings is 1. The number of carbonyl (C=O) groups is 1. The first-order valence-corrected chi connectivity index (χ1v) is 6.14. The van der Waals surface area contributed by atoms with Crippen LogP contribution >= 0.6 is 0 Å². The Balaban J connectivity index is 1.92. The van der Waals surface area contributed by atoms with Crippen molar-refractivity contribution in [1.29, 1.82) is 0 Å². The third-order valence-electron chi connectivity index (χ3n) is 3.37. The minimum absolute atomic E-state index is 0.123. The Morgan fingerprint density at radius 3 is 2.88 bits per heavy atom. The molecule has 3 nitrogen and oxygen atoms in total. The third-order valence-corrected chi connectivity index (χ3v) is 3.37. The molecule has 1 saturated heterocycles. The topological polar surface area (TPSA) is 38.3 Å². The van der Waals surface area contributed by atoms with Gasteiger partial charge in [0.2, 0.25) is 0 Å². The molecule has 3 heteroatoms. The SMILES string of the molecule is COC(=O)[C@@H]1C[C@H](Cc2ccccc2)CCN1. The van der Waals surface area contributed by atoms with Crippen molar-refractivity contribution in [2.24, 2.45) is 5.92 Å². The van der Waals surface area contributed by atoms with Crippen molar-refractivity contribution >= 4 is 5.97 Å². The van der Waals surface area contributed by atoms with Gasteiger partial charge in [0.15, 0.2) is 0 Å². The van der Waals surface area contributed by atoms with Crippen molar-refractivity contribution in [3.05, 3.63) is 35.9 Å². The molecule has 0 bridgehead atoms. The zero-order chi connectivity index (χ0) is 12.1. The number of hydrogen-bond acceptors (Lipinski definition) is 3. The Morgan fingerprint density at radius 2 is 2.18 bits per heavy atom.